The molecular weight excluding hydrogens is 459 g/mol. The van der Waals surface area contributed by atoms with Crippen molar-refractivity contribution >= 4 is 24.0 Å². The number of methoxy groups -OCH3 is 2. The minimum atomic E-state index is -3.49. The summed E-state index contributed by atoms with van der Waals surface area (Å²) in [7, 11) is 3.69. The van der Waals surface area contributed by atoms with Gasteiger partial charge >= 0.3 is 0 Å². The fourth-order valence-corrected chi connectivity index (χ4v) is 6.20. The third-order valence-corrected chi connectivity index (χ3v) is 8.53. The second-order valence-corrected chi connectivity index (χ2v) is 11.5. The number of hydrogen-bond donors (Lipinski definition) is 1. The van der Waals surface area contributed by atoms with Crippen LogP contribution in [0.1, 0.15) is 31.6 Å². The Bertz CT molecular complexity index is 1120. The zero-order chi connectivity index (χ0) is 25.4. The van der Waals surface area contributed by atoms with E-state index in [-0.39, 0.29) is 0 Å². The van der Waals surface area contributed by atoms with Crippen LogP contribution in [0.15, 0.2) is 72.8 Å². The molecule has 188 valence electrons. The molecule has 0 aliphatic carbocycles. The number of benzene rings is 3. The molecule has 2 atom stereocenters. The minimum absolute atomic E-state index is 0.385. The predicted molar refractivity (Wildman–Crippen MR) is 146 cm³/mol. The van der Waals surface area contributed by atoms with Crippen molar-refractivity contribution in [2.75, 3.05) is 45.1 Å². The van der Waals surface area contributed by atoms with Gasteiger partial charge in [0.15, 0.2) is 0 Å². The summed E-state index contributed by atoms with van der Waals surface area (Å²) in [6, 6.07) is 23.1. The van der Waals surface area contributed by atoms with E-state index < -0.39 is 13.2 Å². The van der Waals surface area contributed by atoms with Crippen LogP contribution in [0.25, 0.3) is 0 Å². The van der Waals surface area contributed by atoms with E-state index in [2.05, 4.69) is 19.2 Å². The van der Waals surface area contributed by atoms with Gasteiger partial charge in [0, 0.05) is 42.4 Å². The molecular formula is C28H37N2O4P. The van der Waals surface area contributed by atoms with Crippen LogP contribution in [0.4, 0.5) is 11.4 Å². The van der Waals surface area contributed by atoms with Crippen LogP contribution in [-0.2, 0) is 9.09 Å². The Morgan fingerprint density at radius 2 is 1.60 bits per heavy atom. The smallest absolute Gasteiger partial charge is 0.258 e. The Morgan fingerprint density at radius 3 is 2.17 bits per heavy atom. The van der Waals surface area contributed by atoms with E-state index in [1.807, 2.05) is 91.8 Å². The number of anilines is 2. The van der Waals surface area contributed by atoms with E-state index in [4.69, 9.17) is 14.0 Å². The highest BCUT2D eigenvalue weighted by atomic mass is 31.2. The largest absolute Gasteiger partial charge is 0.497 e. The predicted octanol–water partition coefficient (Wildman–Crippen LogP) is 6.55. The molecule has 35 heavy (non-hydrogen) atoms. The molecule has 0 aliphatic rings. The first-order valence-corrected chi connectivity index (χ1v) is 13.5. The molecule has 0 saturated heterocycles. The fourth-order valence-electron chi connectivity index (χ4n) is 3.76. The molecule has 3 aromatic carbocycles. The van der Waals surface area contributed by atoms with Gasteiger partial charge in [-0.3, -0.25) is 4.57 Å². The molecule has 6 nitrogen and oxygen atoms in total. The number of hydrogen-bond acceptors (Lipinski definition) is 6. The molecule has 0 aromatic heterocycles. The number of rotatable bonds is 12. The lowest BCUT2D eigenvalue weighted by Crippen LogP contribution is -2.22. The Morgan fingerprint density at radius 1 is 0.914 bits per heavy atom. The van der Waals surface area contributed by atoms with Crippen LogP contribution >= 0.6 is 7.37 Å². The molecule has 3 rings (SSSR count). The van der Waals surface area contributed by atoms with E-state index >= 15 is 4.57 Å². The summed E-state index contributed by atoms with van der Waals surface area (Å²) in [6.45, 7) is 4.65. The van der Waals surface area contributed by atoms with Crippen LogP contribution in [0.3, 0.4) is 0 Å². The van der Waals surface area contributed by atoms with Crippen molar-refractivity contribution in [1.82, 2.24) is 0 Å². The van der Waals surface area contributed by atoms with E-state index in [0.717, 1.165) is 23.4 Å². The van der Waals surface area contributed by atoms with Crippen LogP contribution in [0, 0.1) is 5.92 Å². The molecule has 1 N–H and O–H groups in total. The van der Waals surface area contributed by atoms with Crippen molar-refractivity contribution in [1.29, 1.82) is 0 Å². The number of ether oxygens (including phenoxy) is 2. The lowest BCUT2D eigenvalue weighted by atomic mass is 10.1. The van der Waals surface area contributed by atoms with Crippen molar-refractivity contribution in [3.05, 3.63) is 78.4 Å². The third kappa shape index (κ3) is 6.59. The molecule has 0 spiro atoms. The number of para-hydroxylation sites is 1. The van der Waals surface area contributed by atoms with Crippen molar-refractivity contribution in [2.45, 2.75) is 26.1 Å². The van der Waals surface area contributed by atoms with Crippen LogP contribution in [-0.4, -0.2) is 34.9 Å². The maximum Gasteiger partial charge on any atom is 0.258 e. The molecule has 0 saturated carbocycles. The quantitative estimate of drug-likeness (QED) is 0.287. The lowest BCUT2D eigenvalue weighted by Gasteiger charge is -2.31. The van der Waals surface area contributed by atoms with Gasteiger partial charge in [0.05, 0.1) is 20.8 Å². The molecule has 0 heterocycles. The monoisotopic (exact) mass is 496 g/mol. The molecule has 3 aromatic rings. The summed E-state index contributed by atoms with van der Waals surface area (Å²) in [5.41, 5.74) is 2.60. The summed E-state index contributed by atoms with van der Waals surface area (Å²) in [4.78, 5) is 2.01. The molecule has 0 fully saturated rings. The van der Waals surface area contributed by atoms with Gasteiger partial charge in [0.2, 0.25) is 0 Å². The lowest BCUT2D eigenvalue weighted by molar-refractivity contribution is 0.289. The number of nitrogens with one attached hydrogen (secondary N) is 1. The van der Waals surface area contributed by atoms with Crippen LogP contribution in [0.2, 0.25) is 0 Å². The molecule has 0 unspecified atom stereocenters. The van der Waals surface area contributed by atoms with Gasteiger partial charge < -0.3 is 24.2 Å². The van der Waals surface area contributed by atoms with Crippen molar-refractivity contribution in [3.8, 4) is 11.5 Å². The topological polar surface area (TPSA) is 60.0 Å². The molecule has 0 radical (unpaired) electrons. The Balaban J connectivity index is 2.17. The minimum Gasteiger partial charge on any atom is -0.497 e. The fraction of sp³-hybridized carbons (Fsp3) is 0.357. The average Bonchev–Trinajstić information content (AvgIpc) is 2.87. The van der Waals surface area contributed by atoms with E-state index in [1.165, 1.54) is 0 Å². The Hall–Kier alpha value is -2.95. The van der Waals surface area contributed by atoms with Crippen molar-refractivity contribution < 1.29 is 18.6 Å². The Kier molecular flexibility index (Phi) is 9.25. The molecule has 7 heteroatoms. The van der Waals surface area contributed by atoms with Crippen molar-refractivity contribution in [3.63, 3.8) is 0 Å². The summed E-state index contributed by atoms with van der Waals surface area (Å²) in [6.07, 6.45) is 0.803. The van der Waals surface area contributed by atoms with Gasteiger partial charge in [-0.25, -0.2) is 0 Å². The van der Waals surface area contributed by atoms with Crippen LogP contribution in [0.5, 0.6) is 11.5 Å². The maximum atomic E-state index is 15.0. The first kappa shape index (κ1) is 26.7. The van der Waals surface area contributed by atoms with Crippen molar-refractivity contribution in [2.24, 2.45) is 5.92 Å². The number of nitrogens with zero attached hydrogens (tertiary/aromatic N) is 1. The SMILES string of the molecule is COc1ccc([C@H](Nc2ccccc2)[P@](=O)(OCCC(C)C)c2ccc(N(C)C)cc2)c(OC)c1. The highest BCUT2D eigenvalue weighted by molar-refractivity contribution is 7.67. The Labute approximate surface area is 209 Å². The van der Waals surface area contributed by atoms with Gasteiger partial charge in [0.1, 0.15) is 17.3 Å². The first-order valence-electron chi connectivity index (χ1n) is 11.8. The zero-order valence-corrected chi connectivity index (χ0v) is 22.4. The zero-order valence-electron chi connectivity index (χ0n) is 21.5. The third-order valence-electron chi connectivity index (χ3n) is 5.86. The first-order chi connectivity index (χ1) is 16.8. The summed E-state index contributed by atoms with van der Waals surface area (Å²) < 4.78 is 32.5. The highest BCUT2D eigenvalue weighted by Crippen LogP contribution is 2.60. The van der Waals surface area contributed by atoms with E-state index in [9.17, 15) is 0 Å². The summed E-state index contributed by atoms with van der Waals surface area (Å²) >= 11 is 0. The van der Waals surface area contributed by atoms with E-state index in [0.29, 0.717) is 29.3 Å². The molecule has 0 bridgehead atoms. The van der Waals surface area contributed by atoms with Gasteiger partial charge in [-0.05, 0) is 60.9 Å². The maximum absolute atomic E-state index is 15.0. The normalized spacial score (nSPS) is 13.7. The highest BCUT2D eigenvalue weighted by Gasteiger charge is 2.39. The summed E-state index contributed by atoms with van der Waals surface area (Å²) in [5, 5.41) is 4.15. The molecule has 0 amide bonds. The molecule has 0 aliphatic heterocycles. The standard InChI is InChI=1S/C28H37N2O4P/c1-21(2)18-19-34-35(31,25-15-12-23(13-16-25)30(3)4)28(29-22-10-8-7-9-11-22)26-17-14-24(32-5)20-27(26)33-6/h7-17,20-21,28-29H,18-19H2,1-6H3/t28-,35-/m1/s1. The van der Waals surface area contributed by atoms with Gasteiger partial charge in [-0.2, -0.15) is 0 Å². The van der Waals surface area contributed by atoms with Gasteiger partial charge in [-0.15, -0.1) is 0 Å². The summed E-state index contributed by atoms with van der Waals surface area (Å²) in [5.74, 6) is 0.990. The second-order valence-electron chi connectivity index (χ2n) is 9.04. The van der Waals surface area contributed by atoms with Gasteiger partial charge in [-0.1, -0.05) is 32.0 Å². The van der Waals surface area contributed by atoms with E-state index in [1.54, 1.807) is 14.2 Å². The average molecular weight is 497 g/mol. The second kappa shape index (κ2) is 12.1. The van der Waals surface area contributed by atoms with Gasteiger partial charge in [0.25, 0.3) is 7.37 Å². The van der Waals surface area contributed by atoms with Crippen LogP contribution < -0.4 is 25.0 Å².